The fraction of sp³-hybridized carbons (Fsp3) is 0.304. The third-order valence-electron chi connectivity index (χ3n) is 5.19. The second-order valence-electron chi connectivity index (χ2n) is 7.84. The van der Waals surface area contributed by atoms with Gasteiger partial charge in [0.15, 0.2) is 10.9 Å². The summed E-state index contributed by atoms with van der Waals surface area (Å²) in [4.78, 5) is 19.3. The largest absolute Gasteiger partial charge is 0.461 e. The van der Waals surface area contributed by atoms with E-state index in [-0.39, 0.29) is 18.1 Å². The van der Waals surface area contributed by atoms with Crippen LogP contribution in [0.5, 0.6) is 0 Å². The van der Waals surface area contributed by atoms with Crippen molar-refractivity contribution in [2.75, 3.05) is 13.1 Å². The maximum Gasteiger partial charge on any atom is 0.273 e. The fourth-order valence-electron chi connectivity index (χ4n) is 3.85. The van der Waals surface area contributed by atoms with Gasteiger partial charge in [-0.15, -0.1) is 21.5 Å². The van der Waals surface area contributed by atoms with Crippen LogP contribution in [0.3, 0.4) is 0 Å². The van der Waals surface area contributed by atoms with Gasteiger partial charge >= 0.3 is 0 Å². The molecule has 170 valence electrons. The van der Waals surface area contributed by atoms with Gasteiger partial charge in [0, 0.05) is 24.2 Å². The molecule has 1 fully saturated rings. The van der Waals surface area contributed by atoms with E-state index >= 15 is 0 Å². The molecule has 0 spiro atoms. The number of para-hydroxylation sites is 1. The van der Waals surface area contributed by atoms with Crippen LogP contribution in [-0.2, 0) is 10.5 Å². The number of thiazole rings is 1. The van der Waals surface area contributed by atoms with Gasteiger partial charge in [-0.25, -0.2) is 4.98 Å². The second kappa shape index (κ2) is 9.50. The van der Waals surface area contributed by atoms with Crippen LogP contribution in [0.2, 0.25) is 0 Å². The van der Waals surface area contributed by atoms with E-state index in [9.17, 15) is 4.79 Å². The molecule has 1 saturated heterocycles. The van der Waals surface area contributed by atoms with Gasteiger partial charge in [-0.2, -0.15) is 0 Å². The lowest BCUT2D eigenvalue weighted by Crippen LogP contribution is -2.48. The van der Waals surface area contributed by atoms with E-state index in [1.54, 1.807) is 6.26 Å². The van der Waals surface area contributed by atoms with Crippen LogP contribution in [0.1, 0.15) is 29.3 Å². The quantitative estimate of drug-likeness (QED) is 0.374. The van der Waals surface area contributed by atoms with Crippen molar-refractivity contribution in [3.8, 4) is 17.3 Å². The van der Waals surface area contributed by atoms with E-state index in [0.717, 1.165) is 15.9 Å². The Labute approximate surface area is 199 Å². The van der Waals surface area contributed by atoms with Gasteiger partial charge in [0.2, 0.25) is 5.82 Å². The number of carbonyl (C=O) groups is 1. The van der Waals surface area contributed by atoms with Gasteiger partial charge < -0.3 is 14.1 Å². The number of thioether (sulfide) groups is 1. The number of furan rings is 1. The number of ether oxygens (including phenoxy) is 1. The predicted octanol–water partition coefficient (Wildman–Crippen LogP) is 4.53. The lowest BCUT2D eigenvalue weighted by Gasteiger charge is -2.34. The van der Waals surface area contributed by atoms with Gasteiger partial charge in [0.1, 0.15) is 10.7 Å². The summed E-state index contributed by atoms with van der Waals surface area (Å²) < 4.78 is 13.3. The Hall–Kier alpha value is -2.95. The van der Waals surface area contributed by atoms with Crippen molar-refractivity contribution in [3.05, 3.63) is 64.8 Å². The van der Waals surface area contributed by atoms with Crippen molar-refractivity contribution >= 4 is 29.0 Å². The number of hydrogen-bond acceptors (Lipinski definition) is 8. The second-order valence-corrected chi connectivity index (χ2v) is 9.72. The molecule has 5 rings (SSSR count). The Kier molecular flexibility index (Phi) is 6.30. The number of carbonyl (C=O) groups excluding carboxylic acids is 1. The number of nitrogens with zero attached hydrogens (tertiary/aromatic N) is 5. The molecule has 0 N–H and O–H groups in total. The summed E-state index contributed by atoms with van der Waals surface area (Å²) in [6, 6.07) is 13.6. The molecule has 0 saturated carbocycles. The number of benzene rings is 1. The van der Waals surface area contributed by atoms with Crippen molar-refractivity contribution in [1.29, 1.82) is 0 Å². The molecular weight excluding hydrogens is 458 g/mol. The average Bonchev–Trinajstić information content (AvgIpc) is 3.57. The molecule has 3 aromatic heterocycles. The molecule has 4 heterocycles. The van der Waals surface area contributed by atoms with E-state index < -0.39 is 0 Å². The highest BCUT2D eigenvalue weighted by atomic mass is 32.2. The summed E-state index contributed by atoms with van der Waals surface area (Å²) in [6.07, 6.45) is 1.68. The highest BCUT2D eigenvalue weighted by molar-refractivity contribution is 7.98. The zero-order chi connectivity index (χ0) is 22.8. The Morgan fingerprint density at radius 3 is 2.64 bits per heavy atom. The SMILES string of the molecule is CC1CN(C(=O)c2csc(CSc3nnc(-c4ccco4)n3-c3ccccc3)n2)CC(C)O1. The first-order chi connectivity index (χ1) is 16.1. The third kappa shape index (κ3) is 4.73. The van der Waals surface area contributed by atoms with Crippen molar-refractivity contribution in [2.45, 2.75) is 37.0 Å². The fourth-order valence-corrected chi connectivity index (χ4v) is 5.58. The van der Waals surface area contributed by atoms with Crippen LogP contribution in [0, 0.1) is 0 Å². The summed E-state index contributed by atoms with van der Waals surface area (Å²) >= 11 is 3.01. The van der Waals surface area contributed by atoms with E-state index in [1.807, 2.05) is 71.2 Å². The highest BCUT2D eigenvalue weighted by Gasteiger charge is 2.28. The maximum absolute atomic E-state index is 12.9. The molecule has 0 aliphatic carbocycles. The zero-order valence-electron chi connectivity index (χ0n) is 18.2. The maximum atomic E-state index is 12.9. The van der Waals surface area contributed by atoms with Crippen LogP contribution in [-0.4, -0.2) is 55.9 Å². The summed E-state index contributed by atoms with van der Waals surface area (Å²) in [6.45, 7) is 5.14. The Balaban J connectivity index is 1.34. The molecule has 1 amide bonds. The van der Waals surface area contributed by atoms with Crippen molar-refractivity contribution in [1.82, 2.24) is 24.6 Å². The van der Waals surface area contributed by atoms with Gasteiger partial charge in [-0.05, 0) is 38.1 Å². The lowest BCUT2D eigenvalue weighted by atomic mass is 10.2. The van der Waals surface area contributed by atoms with Crippen LogP contribution in [0.25, 0.3) is 17.3 Å². The minimum atomic E-state index is -0.0444. The molecule has 1 aliphatic heterocycles. The average molecular weight is 482 g/mol. The minimum Gasteiger partial charge on any atom is -0.461 e. The molecule has 4 aromatic rings. The van der Waals surface area contributed by atoms with E-state index in [1.165, 1.54) is 23.1 Å². The third-order valence-corrected chi connectivity index (χ3v) is 7.16. The van der Waals surface area contributed by atoms with E-state index in [4.69, 9.17) is 9.15 Å². The molecule has 0 radical (unpaired) electrons. The molecular formula is C23H23N5O3S2. The molecule has 0 bridgehead atoms. The van der Waals surface area contributed by atoms with Crippen LogP contribution in [0.15, 0.2) is 63.7 Å². The first kappa shape index (κ1) is 21.9. The first-order valence-electron chi connectivity index (χ1n) is 10.6. The number of hydrogen-bond donors (Lipinski definition) is 0. The Morgan fingerprint density at radius 2 is 1.91 bits per heavy atom. The molecule has 8 nitrogen and oxygen atoms in total. The monoisotopic (exact) mass is 481 g/mol. The molecule has 33 heavy (non-hydrogen) atoms. The van der Waals surface area contributed by atoms with Crippen molar-refractivity contribution in [2.24, 2.45) is 0 Å². The van der Waals surface area contributed by atoms with Gasteiger partial charge in [-0.3, -0.25) is 9.36 Å². The van der Waals surface area contributed by atoms with Crippen LogP contribution >= 0.6 is 23.1 Å². The summed E-state index contributed by atoms with van der Waals surface area (Å²) in [5.74, 6) is 1.82. The predicted molar refractivity (Wildman–Crippen MR) is 127 cm³/mol. The number of amides is 1. The summed E-state index contributed by atoms with van der Waals surface area (Å²) in [7, 11) is 0. The molecule has 10 heteroatoms. The standard InChI is InChI=1S/C23H23N5O3S2/c1-15-11-27(12-16(2)31-15)22(29)18-13-32-20(24-18)14-33-23-26-25-21(19-9-6-10-30-19)28(23)17-7-4-3-5-8-17/h3-10,13,15-16H,11-12,14H2,1-2H3. The molecule has 1 aromatic carbocycles. The molecule has 1 aliphatic rings. The van der Waals surface area contributed by atoms with Crippen LogP contribution in [0.4, 0.5) is 0 Å². The number of morpholine rings is 1. The summed E-state index contributed by atoms with van der Waals surface area (Å²) in [5, 5.41) is 12.2. The first-order valence-corrected chi connectivity index (χ1v) is 12.5. The van der Waals surface area contributed by atoms with E-state index in [0.29, 0.717) is 36.1 Å². The lowest BCUT2D eigenvalue weighted by molar-refractivity contribution is -0.0587. The topological polar surface area (TPSA) is 86.3 Å². The van der Waals surface area contributed by atoms with Crippen molar-refractivity contribution in [3.63, 3.8) is 0 Å². The number of rotatable bonds is 6. The van der Waals surface area contributed by atoms with Gasteiger partial charge in [0.05, 0.1) is 24.2 Å². The highest BCUT2D eigenvalue weighted by Crippen LogP contribution is 2.30. The van der Waals surface area contributed by atoms with Crippen LogP contribution < -0.4 is 0 Å². The normalized spacial score (nSPS) is 18.5. The zero-order valence-corrected chi connectivity index (χ0v) is 19.9. The Bertz CT molecular complexity index is 1210. The Morgan fingerprint density at radius 1 is 1.12 bits per heavy atom. The van der Waals surface area contributed by atoms with Gasteiger partial charge in [0.25, 0.3) is 5.91 Å². The molecule has 2 unspecified atom stereocenters. The molecule has 2 atom stereocenters. The minimum absolute atomic E-state index is 0.0269. The van der Waals surface area contributed by atoms with Gasteiger partial charge in [-0.1, -0.05) is 30.0 Å². The summed E-state index contributed by atoms with van der Waals surface area (Å²) in [5.41, 5.74) is 1.43. The van der Waals surface area contributed by atoms with E-state index in [2.05, 4.69) is 15.2 Å². The smallest absolute Gasteiger partial charge is 0.273 e. The van der Waals surface area contributed by atoms with Crippen molar-refractivity contribution < 1.29 is 13.9 Å². The number of aromatic nitrogens is 4.